The number of aromatic nitrogens is 1. The number of halogens is 1. The fourth-order valence-electron chi connectivity index (χ4n) is 1.55. The van der Waals surface area contributed by atoms with Crippen molar-refractivity contribution in [3.05, 3.63) is 23.4 Å². The molecule has 0 bridgehead atoms. The van der Waals surface area contributed by atoms with Gasteiger partial charge in [-0.1, -0.05) is 31.0 Å². The predicted molar refractivity (Wildman–Crippen MR) is 55.1 cm³/mol. The maximum atomic E-state index is 5.77. The fraction of sp³-hybridized carbons (Fsp3) is 0.500. The van der Waals surface area contributed by atoms with Gasteiger partial charge >= 0.3 is 0 Å². The highest BCUT2D eigenvalue weighted by atomic mass is 35.5. The highest BCUT2D eigenvalue weighted by Gasteiger charge is 2.35. The van der Waals surface area contributed by atoms with Gasteiger partial charge in [0.05, 0.1) is 0 Å². The van der Waals surface area contributed by atoms with Gasteiger partial charge in [-0.05, 0) is 24.5 Å². The Kier molecular flexibility index (Phi) is 2.40. The minimum absolute atomic E-state index is 0.554. The van der Waals surface area contributed by atoms with Crippen molar-refractivity contribution in [1.82, 2.24) is 4.98 Å². The van der Waals surface area contributed by atoms with Crippen LogP contribution in [-0.2, 0) is 0 Å². The van der Waals surface area contributed by atoms with E-state index in [1.54, 1.807) is 6.07 Å². The second-order valence-electron chi connectivity index (χ2n) is 3.50. The van der Waals surface area contributed by atoms with Gasteiger partial charge in [0.15, 0.2) is 0 Å². The van der Waals surface area contributed by atoms with E-state index in [1.165, 1.54) is 12.8 Å². The van der Waals surface area contributed by atoms with Gasteiger partial charge in [0.2, 0.25) is 0 Å². The Labute approximate surface area is 83.3 Å². The molecule has 2 unspecified atom stereocenters. The summed E-state index contributed by atoms with van der Waals surface area (Å²) in [6.45, 7) is 2.22. The normalized spacial score (nSPS) is 25.7. The molecule has 0 saturated heterocycles. The SMILES string of the molecule is CCC1CC1Nc1cccc(Cl)n1. The summed E-state index contributed by atoms with van der Waals surface area (Å²) in [5.41, 5.74) is 0. The van der Waals surface area contributed by atoms with Crippen LogP contribution in [0, 0.1) is 5.92 Å². The van der Waals surface area contributed by atoms with E-state index in [1.807, 2.05) is 12.1 Å². The summed E-state index contributed by atoms with van der Waals surface area (Å²) in [7, 11) is 0. The molecule has 2 rings (SSSR count). The third-order valence-corrected chi connectivity index (χ3v) is 2.71. The molecule has 1 N–H and O–H groups in total. The van der Waals surface area contributed by atoms with Crippen LogP contribution in [0.4, 0.5) is 5.82 Å². The molecule has 13 heavy (non-hydrogen) atoms. The first kappa shape index (κ1) is 8.82. The van der Waals surface area contributed by atoms with Crippen molar-refractivity contribution in [2.24, 2.45) is 5.92 Å². The Balaban J connectivity index is 1.95. The van der Waals surface area contributed by atoms with Gasteiger partial charge in [0.25, 0.3) is 0 Å². The number of rotatable bonds is 3. The molecule has 1 aliphatic rings. The Morgan fingerprint density at radius 1 is 1.62 bits per heavy atom. The van der Waals surface area contributed by atoms with E-state index in [0.29, 0.717) is 11.2 Å². The summed E-state index contributed by atoms with van der Waals surface area (Å²) in [6.07, 6.45) is 2.52. The second-order valence-corrected chi connectivity index (χ2v) is 3.89. The number of nitrogens with one attached hydrogen (secondary N) is 1. The van der Waals surface area contributed by atoms with Crippen molar-refractivity contribution in [3.63, 3.8) is 0 Å². The third kappa shape index (κ3) is 2.13. The number of hydrogen-bond acceptors (Lipinski definition) is 2. The summed E-state index contributed by atoms with van der Waals surface area (Å²) in [6, 6.07) is 6.28. The standard InChI is InChI=1S/C10H13ClN2/c1-2-7-6-8(7)12-10-5-3-4-9(11)13-10/h3-5,7-8H,2,6H2,1H3,(H,12,13). The first-order valence-corrected chi connectivity index (χ1v) is 5.06. The van der Waals surface area contributed by atoms with E-state index in [9.17, 15) is 0 Å². The molecular weight excluding hydrogens is 184 g/mol. The van der Waals surface area contributed by atoms with Crippen LogP contribution in [0.2, 0.25) is 5.15 Å². The maximum absolute atomic E-state index is 5.77. The minimum Gasteiger partial charge on any atom is -0.367 e. The third-order valence-electron chi connectivity index (χ3n) is 2.50. The zero-order valence-electron chi connectivity index (χ0n) is 7.63. The van der Waals surface area contributed by atoms with Gasteiger partial charge < -0.3 is 5.32 Å². The Morgan fingerprint density at radius 2 is 2.46 bits per heavy atom. The number of nitrogens with zero attached hydrogens (tertiary/aromatic N) is 1. The summed E-state index contributed by atoms with van der Waals surface area (Å²) < 4.78 is 0. The molecule has 0 spiro atoms. The molecule has 0 aromatic carbocycles. The fourth-order valence-corrected chi connectivity index (χ4v) is 1.72. The van der Waals surface area contributed by atoms with Crippen LogP contribution >= 0.6 is 11.6 Å². The Bertz CT molecular complexity index is 301. The molecule has 1 saturated carbocycles. The lowest BCUT2D eigenvalue weighted by Gasteiger charge is -2.03. The largest absolute Gasteiger partial charge is 0.367 e. The molecule has 1 aromatic heterocycles. The summed E-state index contributed by atoms with van der Waals surface area (Å²) in [5.74, 6) is 1.73. The molecule has 3 heteroatoms. The molecular formula is C10H13ClN2. The lowest BCUT2D eigenvalue weighted by Crippen LogP contribution is -2.05. The zero-order valence-corrected chi connectivity index (χ0v) is 8.38. The van der Waals surface area contributed by atoms with E-state index in [0.717, 1.165) is 11.7 Å². The molecule has 0 radical (unpaired) electrons. The lowest BCUT2D eigenvalue weighted by atomic mass is 10.3. The highest BCUT2D eigenvalue weighted by molar-refractivity contribution is 6.29. The first-order valence-electron chi connectivity index (χ1n) is 4.68. The molecule has 1 fully saturated rings. The van der Waals surface area contributed by atoms with Crippen LogP contribution in [0.1, 0.15) is 19.8 Å². The van der Waals surface area contributed by atoms with Crippen LogP contribution in [0.3, 0.4) is 0 Å². The maximum Gasteiger partial charge on any atom is 0.131 e. The van der Waals surface area contributed by atoms with Crippen LogP contribution in [0.25, 0.3) is 0 Å². The monoisotopic (exact) mass is 196 g/mol. The highest BCUT2D eigenvalue weighted by Crippen LogP contribution is 2.35. The molecule has 70 valence electrons. The molecule has 0 aliphatic heterocycles. The van der Waals surface area contributed by atoms with Crippen molar-refractivity contribution in [1.29, 1.82) is 0 Å². The average molecular weight is 197 g/mol. The summed E-state index contributed by atoms with van der Waals surface area (Å²) in [4.78, 5) is 4.18. The van der Waals surface area contributed by atoms with Crippen molar-refractivity contribution >= 4 is 17.4 Å². The summed E-state index contributed by atoms with van der Waals surface area (Å²) in [5, 5.41) is 3.92. The van der Waals surface area contributed by atoms with Gasteiger partial charge in [-0.25, -0.2) is 4.98 Å². The topological polar surface area (TPSA) is 24.9 Å². The van der Waals surface area contributed by atoms with Crippen LogP contribution < -0.4 is 5.32 Å². The van der Waals surface area contributed by atoms with Crippen LogP contribution in [0.15, 0.2) is 18.2 Å². The summed E-state index contributed by atoms with van der Waals surface area (Å²) >= 11 is 5.77. The van der Waals surface area contributed by atoms with Gasteiger partial charge in [-0.2, -0.15) is 0 Å². The molecule has 1 aliphatic carbocycles. The predicted octanol–water partition coefficient (Wildman–Crippen LogP) is 2.95. The number of anilines is 1. The van der Waals surface area contributed by atoms with E-state index in [4.69, 9.17) is 11.6 Å². The molecule has 0 amide bonds. The van der Waals surface area contributed by atoms with Crippen molar-refractivity contribution < 1.29 is 0 Å². The van der Waals surface area contributed by atoms with Crippen molar-refractivity contribution in [3.8, 4) is 0 Å². The number of hydrogen-bond donors (Lipinski definition) is 1. The van der Waals surface area contributed by atoms with E-state index >= 15 is 0 Å². The quantitative estimate of drug-likeness (QED) is 0.752. The molecule has 1 heterocycles. The van der Waals surface area contributed by atoms with E-state index in [-0.39, 0.29) is 0 Å². The number of pyridine rings is 1. The van der Waals surface area contributed by atoms with Crippen molar-refractivity contribution in [2.75, 3.05) is 5.32 Å². The minimum atomic E-state index is 0.554. The molecule has 2 nitrogen and oxygen atoms in total. The van der Waals surface area contributed by atoms with E-state index in [2.05, 4.69) is 17.2 Å². The van der Waals surface area contributed by atoms with Gasteiger partial charge in [-0.3, -0.25) is 0 Å². The van der Waals surface area contributed by atoms with Crippen molar-refractivity contribution in [2.45, 2.75) is 25.8 Å². The van der Waals surface area contributed by atoms with Gasteiger partial charge in [0.1, 0.15) is 11.0 Å². The lowest BCUT2D eigenvalue weighted by molar-refractivity contribution is 0.773. The van der Waals surface area contributed by atoms with Gasteiger partial charge in [-0.15, -0.1) is 0 Å². The Morgan fingerprint density at radius 3 is 3.08 bits per heavy atom. The van der Waals surface area contributed by atoms with Gasteiger partial charge in [0, 0.05) is 6.04 Å². The van der Waals surface area contributed by atoms with Crippen LogP contribution in [0.5, 0.6) is 0 Å². The van der Waals surface area contributed by atoms with Crippen LogP contribution in [-0.4, -0.2) is 11.0 Å². The smallest absolute Gasteiger partial charge is 0.131 e. The molecule has 1 aromatic rings. The Hall–Kier alpha value is -0.760. The average Bonchev–Trinajstić information content (AvgIpc) is 2.83. The molecule has 2 atom stereocenters. The van der Waals surface area contributed by atoms with E-state index < -0.39 is 0 Å². The zero-order chi connectivity index (χ0) is 9.26. The second kappa shape index (κ2) is 3.54. The first-order chi connectivity index (χ1) is 6.29.